The second kappa shape index (κ2) is 5.42. The third-order valence-corrected chi connectivity index (χ3v) is 2.97. The molecule has 0 atom stereocenters. The van der Waals surface area contributed by atoms with E-state index in [4.69, 9.17) is 0 Å². The molecule has 15 heavy (non-hydrogen) atoms. The summed E-state index contributed by atoms with van der Waals surface area (Å²) >= 11 is 3.49. The summed E-state index contributed by atoms with van der Waals surface area (Å²) in [6.45, 7) is 4.65. The van der Waals surface area contributed by atoms with Crippen LogP contribution in [0.4, 0.5) is 0 Å². The van der Waals surface area contributed by atoms with Crippen LogP contribution in [-0.2, 0) is 0 Å². The lowest BCUT2D eigenvalue weighted by Gasteiger charge is -2.09. The second-order valence-electron chi connectivity index (χ2n) is 3.84. The van der Waals surface area contributed by atoms with Gasteiger partial charge in [0.15, 0.2) is 5.78 Å². The standard InChI is InChI=1S/C12H16BrNO/c1-8(2)10-5-4-9(6-11(10)13)12(15)7-14-3/h4-6,8,14H,7H2,1-3H3. The van der Waals surface area contributed by atoms with Crippen LogP contribution in [0.15, 0.2) is 22.7 Å². The van der Waals surface area contributed by atoms with Crippen LogP contribution >= 0.6 is 15.9 Å². The molecule has 0 unspecified atom stereocenters. The van der Waals surface area contributed by atoms with Crippen molar-refractivity contribution in [3.8, 4) is 0 Å². The molecule has 0 fully saturated rings. The van der Waals surface area contributed by atoms with E-state index in [-0.39, 0.29) is 5.78 Å². The highest BCUT2D eigenvalue weighted by molar-refractivity contribution is 9.10. The smallest absolute Gasteiger partial charge is 0.176 e. The molecule has 1 aromatic rings. The lowest BCUT2D eigenvalue weighted by atomic mass is 10.0. The first-order valence-electron chi connectivity index (χ1n) is 5.03. The van der Waals surface area contributed by atoms with Crippen LogP contribution in [0.1, 0.15) is 35.7 Å². The molecule has 0 saturated carbocycles. The van der Waals surface area contributed by atoms with Gasteiger partial charge in [0, 0.05) is 10.0 Å². The number of hydrogen-bond donors (Lipinski definition) is 1. The molecule has 82 valence electrons. The third-order valence-electron chi connectivity index (χ3n) is 2.28. The van der Waals surface area contributed by atoms with Gasteiger partial charge in [-0.15, -0.1) is 0 Å². The van der Waals surface area contributed by atoms with Crippen molar-refractivity contribution in [2.24, 2.45) is 0 Å². The molecule has 0 bridgehead atoms. The zero-order valence-electron chi connectivity index (χ0n) is 9.30. The minimum Gasteiger partial charge on any atom is -0.313 e. The molecule has 2 nitrogen and oxygen atoms in total. The normalized spacial score (nSPS) is 10.7. The van der Waals surface area contributed by atoms with Gasteiger partial charge >= 0.3 is 0 Å². The molecule has 0 saturated heterocycles. The van der Waals surface area contributed by atoms with Gasteiger partial charge in [-0.1, -0.05) is 41.9 Å². The van der Waals surface area contributed by atoms with Crippen molar-refractivity contribution < 1.29 is 4.79 Å². The predicted molar refractivity (Wildman–Crippen MR) is 66.5 cm³/mol. The van der Waals surface area contributed by atoms with Gasteiger partial charge in [-0.2, -0.15) is 0 Å². The Morgan fingerprint density at radius 3 is 2.60 bits per heavy atom. The zero-order valence-corrected chi connectivity index (χ0v) is 10.9. The van der Waals surface area contributed by atoms with E-state index < -0.39 is 0 Å². The molecule has 0 amide bonds. The van der Waals surface area contributed by atoms with E-state index in [2.05, 4.69) is 35.1 Å². The van der Waals surface area contributed by atoms with Gasteiger partial charge in [-0.25, -0.2) is 0 Å². The Bertz CT molecular complexity index is 361. The summed E-state index contributed by atoms with van der Waals surface area (Å²) in [5, 5.41) is 2.86. The monoisotopic (exact) mass is 269 g/mol. The van der Waals surface area contributed by atoms with Crippen molar-refractivity contribution in [1.29, 1.82) is 0 Å². The van der Waals surface area contributed by atoms with Crippen molar-refractivity contribution >= 4 is 21.7 Å². The van der Waals surface area contributed by atoms with Gasteiger partial charge in [0.1, 0.15) is 0 Å². The maximum atomic E-state index is 11.6. The maximum absolute atomic E-state index is 11.6. The molecular weight excluding hydrogens is 254 g/mol. The number of hydrogen-bond acceptors (Lipinski definition) is 2. The molecule has 0 aliphatic heterocycles. The van der Waals surface area contributed by atoms with E-state index in [9.17, 15) is 4.79 Å². The number of likely N-dealkylation sites (N-methyl/N-ethyl adjacent to an activating group) is 1. The third kappa shape index (κ3) is 3.14. The summed E-state index contributed by atoms with van der Waals surface area (Å²) in [5.74, 6) is 0.585. The zero-order chi connectivity index (χ0) is 11.4. The summed E-state index contributed by atoms with van der Waals surface area (Å²) in [6, 6.07) is 5.80. The summed E-state index contributed by atoms with van der Waals surface area (Å²) in [7, 11) is 1.77. The lowest BCUT2D eigenvalue weighted by molar-refractivity contribution is 0.0993. The van der Waals surface area contributed by atoms with E-state index in [0.717, 1.165) is 10.0 Å². The Kier molecular flexibility index (Phi) is 4.48. The van der Waals surface area contributed by atoms with Crippen LogP contribution in [0.5, 0.6) is 0 Å². The number of halogens is 1. The Labute approximate surface area is 99.2 Å². The van der Waals surface area contributed by atoms with Crippen LogP contribution < -0.4 is 5.32 Å². The quantitative estimate of drug-likeness (QED) is 0.852. The Morgan fingerprint density at radius 2 is 2.13 bits per heavy atom. The first-order valence-corrected chi connectivity index (χ1v) is 5.82. The number of carbonyl (C=O) groups excluding carboxylic acids is 1. The highest BCUT2D eigenvalue weighted by Crippen LogP contribution is 2.25. The highest BCUT2D eigenvalue weighted by atomic mass is 79.9. The average Bonchev–Trinajstić information content (AvgIpc) is 2.17. The number of rotatable bonds is 4. The number of carbonyl (C=O) groups is 1. The molecular formula is C12H16BrNO. The lowest BCUT2D eigenvalue weighted by Crippen LogP contribution is -2.18. The van der Waals surface area contributed by atoms with Crippen molar-refractivity contribution in [2.45, 2.75) is 19.8 Å². The Balaban J connectivity index is 2.96. The topological polar surface area (TPSA) is 29.1 Å². The fourth-order valence-electron chi connectivity index (χ4n) is 1.43. The van der Waals surface area contributed by atoms with Gasteiger partial charge < -0.3 is 5.32 Å². The number of benzene rings is 1. The first kappa shape index (κ1) is 12.4. The SMILES string of the molecule is CNCC(=O)c1ccc(C(C)C)c(Br)c1. The van der Waals surface area contributed by atoms with Crippen LogP contribution in [0.3, 0.4) is 0 Å². The van der Waals surface area contributed by atoms with Crippen molar-refractivity contribution in [3.05, 3.63) is 33.8 Å². The minimum absolute atomic E-state index is 0.119. The van der Waals surface area contributed by atoms with Crippen molar-refractivity contribution in [1.82, 2.24) is 5.32 Å². The van der Waals surface area contributed by atoms with Gasteiger partial charge in [0.2, 0.25) is 0 Å². The van der Waals surface area contributed by atoms with E-state index in [0.29, 0.717) is 12.5 Å². The van der Waals surface area contributed by atoms with E-state index in [1.807, 2.05) is 18.2 Å². The minimum atomic E-state index is 0.119. The van der Waals surface area contributed by atoms with Gasteiger partial charge in [0.25, 0.3) is 0 Å². The highest BCUT2D eigenvalue weighted by Gasteiger charge is 2.09. The van der Waals surface area contributed by atoms with Crippen molar-refractivity contribution in [2.75, 3.05) is 13.6 Å². The van der Waals surface area contributed by atoms with Gasteiger partial charge in [-0.3, -0.25) is 4.79 Å². The number of Topliss-reactive ketones (excluding diaryl/α,β-unsaturated/α-hetero) is 1. The molecule has 0 heterocycles. The fourth-order valence-corrected chi connectivity index (χ4v) is 2.27. The molecule has 1 rings (SSSR count). The van der Waals surface area contributed by atoms with E-state index in [1.54, 1.807) is 7.05 Å². The second-order valence-corrected chi connectivity index (χ2v) is 4.70. The molecule has 0 spiro atoms. The molecule has 0 aliphatic carbocycles. The summed E-state index contributed by atoms with van der Waals surface area (Å²) in [6.07, 6.45) is 0. The Morgan fingerprint density at radius 1 is 1.47 bits per heavy atom. The van der Waals surface area contributed by atoms with Crippen LogP contribution in [0.2, 0.25) is 0 Å². The number of nitrogens with one attached hydrogen (secondary N) is 1. The summed E-state index contributed by atoms with van der Waals surface area (Å²) in [4.78, 5) is 11.6. The van der Waals surface area contributed by atoms with Crippen molar-refractivity contribution in [3.63, 3.8) is 0 Å². The molecule has 3 heteroatoms. The number of ketones is 1. The Hall–Kier alpha value is -0.670. The largest absolute Gasteiger partial charge is 0.313 e. The fraction of sp³-hybridized carbons (Fsp3) is 0.417. The summed E-state index contributed by atoms with van der Waals surface area (Å²) < 4.78 is 1.01. The van der Waals surface area contributed by atoms with Crippen LogP contribution in [-0.4, -0.2) is 19.4 Å². The molecule has 0 aliphatic rings. The molecule has 0 radical (unpaired) electrons. The first-order chi connectivity index (χ1) is 7.06. The van der Waals surface area contributed by atoms with E-state index >= 15 is 0 Å². The molecule has 1 N–H and O–H groups in total. The molecule has 1 aromatic carbocycles. The van der Waals surface area contributed by atoms with Gasteiger partial charge in [0.05, 0.1) is 6.54 Å². The summed E-state index contributed by atoms with van der Waals surface area (Å²) in [5.41, 5.74) is 1.98. The predicted octanol–water partition coefficient (Wildman–Crippen LogP) is 2.97. The maximum Gasteiger partial charge on any atom is 0.176 e. The average molecular weight is 270 g/mol. The van der Waals surface area contributed by atoms with Crippen LogP contribution in [0, 0.1) is 0 Å². The van der Waals surface area contributed by atoms with Crippen LogP contribution in [0.25, 0.3) is 0 Å². The van der Waals surface area contributed by atoms with E-state index in [1.165, 1.54) is 5.56 Å². The van der Waals surface area contributed by atoms with Gasteiger partial charge in [-0.05, 0) is 24.6 Å². The molecule has 0 aromatic heterocycles.